The number of rotatable bonds is 3. The molecular formula is C18H19ClN2. The molecule has 0 saturated carbocycles. The Morgan fingerprint density at radius 3 is 2.57 bits per heavy atom. The molecule has 0 aliphatic heterocycles. The summed E-state index contributed by atoms with van der Waals surface area (Å²) in [5, 5.41) is 9.47. The van der Waals surface area contributed by atoms with Crippen LogP contribution in [-0.2, 0) is 0 Å². The number of para-hydroxylation sites is 1. The van der Waals surface area contributed by atoms with Gasteiger partial charge in [0.1, 0.15) is 0 Å². The highest BCUT2D eigenvalue weighted by atomic mass is 35.5. The second-order valence-electron chi connectivity index (χ2n) is 5.88. The third kappa shape index (κ3) is 2.56. The Balaban J connectivity index is 2.24. The van der Waals surface area contributed by atoms with Gasteiger partial charge in [0, 0.05) is 16.0 Å². The van der Waals surface area contributed by atoms with Crippen molar-refractivity contribution in [2.75, 3.05) is 0 Å². The number of H-pyrrole nitrogens is 1. The second-order valence-corrected chi connectivity index (χ2v) is 6.32. The number of nitrogens with zero attached hydrogens (tertiary/aromatic N) is 1. The minimum absolute atomic E-state index is 0.458. The number of aromatic nitrogens is 2. The van der Waals surface area contributed by atoms with E-state index in [2.05, 4.69) is 43.1 Å². The number of halogens is 1. The molecule has 0 aliphatic rings. The highest BCUT2D eigenvalue weighted by Gasteiger charge is 2.18. The summed E-state index contributed by atoms with van der Waals surface area (Å²) in [6.45, 7) is 6.75. The van der Waals surface area contributed by atoms with E-state index >= 15 is 0 Å². The lowest BCUT2D eigenvalue weighted by atomic mass is 9.86. The molecule has 3 rings (SSSR count). The van der Waals surface area contributed by atoms with Crippen LogP contribution in [0.25, 0.3) is 22.2 Å². The molecule has 3 aromatic rings. The average molecular weight is 299 g/mol. The SMILES string of the molecule is CC(C)[C@@H](C)c1ccc(Cl)cc1-c1[nH]nc2ccccc12. The molecule has 1 atom stereocenters. The van der Waals surface area contributed by atoms with E-state index in [1.54, 1.807) is 0 Å². The van der Waals surface area contributed by atoms with Crippen LogP contribution in [0, 0.1) is 5.92 Å². The van der Waals surface area contributed by atoms with Crippen LogP contribution in [0.5, 0.6) is 0 Å². The highest BCUT2D eigenvalue weighted by Crippen LogP contribution is 2.36. The third-order valence-corrected chi connectivity index (χ3v) is 4.47. The van der Waals surface area contributed by atoms with Crippen molar-refractivity contribution in [3.05, 3.63) is 53.1 Å². The minimum atomic E-state index is 0.458. The monoisotopic (exact) mass is 298 g/mol. The summed E-state index contributed by atoms with van der Waals surface area (Å²) >= 11 is 6.23. The molecule has 0 unspecified atom stereocenters. The molecule has 1 N–H and O–H groups in total. The van der Waals surface area contributed by atoms with E-state index in [1.165, 1.54) is 5.56 Å². The van der Waals surface area contributed by atoms with Crippen molar-refractivity contribution in [1.82, 2.24) is 10.2 Å². The second kappa shape index (κ2) is 5.53. The van der Waals surface area contributed by atoms with Gasteiger partial charge >= 0.3 is 0 Å². The maximum Gasteiger partial charge on any atom is 0.0927 e. The van der Waals surface area contributed by atoms with Crippen molar-refractivity contribution in [2.45, 2.75) is 26.7 Å². The van der Waals surface area contributed by atoms with Gasteiger partial charge in [0.25, 0.3) is 0 Å². The van der Waals surface area contributed by atoms with Gasteiger partial charge in [0.2, 0.25) is 0 Å². The normalized spacial score (nSPS) is 13.0. The number of nitrogens with one attached hydrogen (secondary N) is 1. The van der Waals surface area contributed by atoms with Crippen LogP contribution >= 0.6 is 11.6 Å². The smallest absolute Gasteiger partial charge is 0.0927 e. The van der Waals surface area contributed by atoms with Crippen LogP contribution in [0.2, 0.25) is 5.02 Å². The summed E-state index contributed by atoms with van der Waals surface area (Å²) in [6.07, 6.45) is 0. The van der Waals surface area contributed by atoms with Crippen LogP contribution in [0.3, 0.4) is 0 Å². The summed E-state index contributed by atoms with van der Waals surface area (Å²) in [7, 11) is 0. The fourth-order valence-corrected chi connectivity index (χ4v) is 2.84. The predicted octanol–water partition coefficient (Wildman–Crippen LogP) is 5.64. The Kier molecular flexibility index (Phi) is 3.73. The number of benzene rings is 2. The van der Waals surface area contributed by atoms with Gasteiger partial charge in [-0.05, 0) is 35.6 Å². The summed E-state index contributed by atoms with van der Waals surface area (Å²) in [5.74, 6) is 1.03. The molecule has 1 heterocycles. The molecule has 0 spiro atoms. The Bertz CT molecular complexity index is 774. The molecule has 0 amide bonds. The molecule has 0 aliphatic carbocycles. The average Bonchev–Trinajstić information content (AvgIpc) is 2.90. The number of fused-ring (bicyclic) bond motifs is 1. The van der Waals surface area contributed by atoms with Crippen LogP contribution in [0.15, 0.2) is 42.5 Å². The van der Waals surface area contributed by atoms with Crippen LogP contribution in [-0.4, -0.2) is 10.2 Å². The van der Waals surface area contributed by atoms with E-state index in [4.69, 9.17) is 11.6 Å². The Hall–Kier alpha value is -1.80. The van der Waals surface area contributed by atoms with E-state index < -0.39 is 0 Å². The van der Waals surface area contributed by atoms with Crippen LogP contribution < -0.4 is 0 Å². The fourth-order valence-electron chi connectivity index (χ4n) is 2.67. The minimum Gasteiger partial charge on any atom is -0.277 e. The van der Waals surface area contributed by atoms with Gasteiger partial charge in [-0.1, -0.05) is 56.6 Å². The standard InChI is InChI=1S/C18H19ClN2/c1-11(2)12(3)14-9-8-13(19)10-16(14)18-15-6-4-5-7-17(15)20-21-18/h4-12H,1-3H3,(H,20,21)/t12-/m1/s1. The topological polar surface area (TPSA) is 28.7 Å². The maximum atomic E-state index is 6.23. The molecule has 3 heteroatoms. The Morgan fingerprint density at radius 2 is 1.81 bits per heavy atom. The molecule has 0 radical (unpaired) electrons. The summed E-state index contributed by atoms with van der Waals surface area (Å²) in [5.41, 5.74) is 4.49. The maximum absolute atomic E-state index is 6.23. The first-order valence-electron chi connectivity index (χ1n) is 7.31. The van der Waals surface area contributed by atoms with Crippen molar-refractivity contribution >= 4 is 22.5 Å². The Morgan fingerprint density at radius 1 is 1.05 bits per heavy atom. The van der Waals surface area contributed by atoms with E-state index in [1.807, 2.05) is 30.3 Å². The van der Waals surface area contributed by atoms with Crippen molar-refractivity contribution in [3.63, 3.8) is 0 Å². The molecule has 2 aromatic carbocycles. The van der Waals surface area contributed by atoms with Gasteiger partial charge in [-0.3, -0.25) is 5.10 Å². The van der Waals surface area contributed by atoms with E-state index in [9.17, 15) is 0 Å². The summed E-state index contributed by atoms with van der Waals surface area (Å²) < 4.78 is 0. The lowest BCUT2D eigenvalue weighted by molar-refractivity contribution is 0.536. The lowest BCUT2D eigenvalue weighted by Gasteiger charge is -2.19. The van der Waals surface area contributed by atoms with Crippen molar-refractivity contribution in [3.8, 4) is 11.3 Å². The quantitative estimate of drug-likeness (QED) is 0.665. The first-order chi connectivity index (χ1) is 10.1. The number of hydrogen-bond donors (Lipinski definition) is 1. The third-order valence-electron chi connectivity index (χ3n) is 4.24. The molecule has 1 aromatic heterocycles. The summed E-state index contributed by atoms with van der Waals surface area (Å²) in [6, 6.07) is 14.3. The molecule has 0 saturated heterocycles. The van der Waals surface area contributed by atoms with Gasteiger partial charge in [-0.15, -0.1) is 0 Å². The van der Waals surface area contributed by atoms with Crippen molar-refractivity contribution < 1.29 is 0 Å². The zero-order valence-electron chi connectivity index (χ0n) is 12.5. The van der Waals surface area contributed by atoms with E-state index in [-0.39, 0.29) is 0 Å². The van der Waals surface area contributed by atoms with E-state index in [0.717, 1.165) is 27.2 Å². The zero-order valence-corrected chi connectivity index (χ0v) is 13.3. The predicted molar refractivity (Wildman–Crippen MR) is 89.8 cm³/mol. The zero-order chi connectivity index (χ0) is 15.0. The number of hydrogen-bond acceptors (Lipinski definition) is 1. The van der Waals surface area contributed by atoms with Gasteiger partial charge in [0.15, 0.2) is 0 Å². The van der Waals surface area contributed by atoms with Crippen LogP contribution in [0.1, 0.15) is 32.3 Å². The molecule has 2 nitrogen and oxygen atoms in total. The largest absolute Gasteiger partial charge is 0.277 e. The lowest BCUT2D eigenvalue weighted by Crippen LogP contribution is -2.04. The molecule has 0 bridgehead atoms. The Labute approximate surface area is 130 Å². The van der Waals surface area contributed by atoms with Crippen LogP contribution in [0.4, 0.5) is 0 Å². The first-order valence-corrected chi connectivity index (χ1v) is 7.68. The van der Waals surface area contributed by atoms with Gasteiger partial charge in [-0.2, -0.15) is 5.10 Å². The highest BCUT2D eigenvalue weighted by molar-refractivity contribution is 6.31. The van der Waals surface area contributed by atoms with E-state index in [0.29, 0.717) is 11.8 Å². The fraction of sp³-hybridized carbons (Fsp3) is 0.278. The molecular weight excluding hydrogens is 280 g/mol. The number of aromatic amines is 1. The van der Waals surface area contributed by atoms with Gasteiger partial charge < -0.3 is 0 Å². The summed E-state index contributed by atoms with van der Waals surface area (Å²) in [4.78, 5) is 0. The van der Waals surface area contributed by atoms with Gasteiger partial charge in [-0.25, -0.2) is 0 Å². The van der Waals surface area contributed by atoms with Crippen molar-refractivity contribution in [2.24, 2.45) is 5.92 Å². The molecule has 21 heavy (non-hydrogen) atoms. The molecule has 108 valence electrons. The first kappa shape index (κ1) is 14.2. The molecule has 0 fully saturated rings. The van der Waals surface area contributed by atoms with Crippen molar-refractivity contribution in [1.29, 1.82) is 0 Å². The van der Waals surface area contributed by atoms with Gasteiger partial charge in [0.05, 0.1) is 11.2 Å².